The van der Waals surface area contributed by atoms with Gasteiger partial charge in [-0.2, -0.15) is 5.10 Å². The Morgan fingerprint density at radius 2 is 1.82 bits per heavy atom. The first-order valence-corrected chi connectivity index (χ1v) is 8.40. The molecule has 0 aliphatic heterocycles. The van der Waals surface area contributed by atoms with E-state index in [1.807, 2.05) is 0 Å². The Labute approximate surface area is 164 Å². The van der Waals surface area contributed by atoms with Crippen molar-refractivity contribution >= 4 is 40.5 Å². The summed E-state index contributed by atoms with van der Waals surface area (Å²) in [7, 11) is 0. The van der Waals surface area contributed by atoms with Gasteiger partial charge in [-0.05, 0) is 36.4 Å². The SMILES string of the molecule is CC(=O)Nc1ccc(Cl)c(NC(=O)c2ccn(-c3ccc([N+](=O)[O-])cc3)n2)c1. The van der Waals surface area contributed by atoms with E-state index in [9.17, 15) is 19.7 Å². The highest BCUT2D eigenvalue weighted by atomic mass is 35.5. The third kappa shape index (κ3) is 4.33. The van der Waals surface area contributed by atoms with Crippen LogP contribution in [0.4, 0.5) is 17.1 Å². The molecule has 3 rings (SSSR count). The number of nitrogens with zero attached hydrogens (tertiary/aromatic N) is 3. The molecule has 0 saturated carbocycles. The minimum absolute atomic E-state index is 0.0393. The average Bonchev–Trinajstić information content (AvgIpc) is 3.14. The molecule has 1 aromatic heterocycles. The molecule has 1 heterocycles. The van der Waals surface area contributed by atoms with Crippen molar-refractivity contribution in [2.75, 3.05) is 10.6 Å². The zero-order valence-corrected chi connectivity index (χ0v) is 15.3. The summed E-state index contributed by atoms with van der Waals surface area (Å²) in [5, 5.41) is 20.4. The zero-order valence-electron chi connectivity index (χ0n) is 14.5. The molecule has 28 heavy (non-hydrogen) atoms. The van der Waals surface area contributed by atoms with Gasteiger partial charge in [0.2, 0.25) is 5.91 Å². The van der Waals surface area contributed by atoms with Gasteiger partial charge in [0.1, 0.15) is 0 Å². The van der Waals surface area contributed by atoms with Crippen LogP contribution in [-0.2, 0) is 4.79 Å². The Morgan fingerprint density at radius 1 is 1.11 bits per heavy atom. The maximum absolute atomic E-state index is 12.5. The van der Waals surface area contributed by atoms with E-state index in [4.69, 9.17) is 11.6 Å². The van der Waals surface area contributed by atoms with E-state index in [0.29, 0.717) is 22.1 Å². The lowest BCUT2D eigenvalue weighted by atomic mass is 10.2. The molecular weight excluding hydrogens is 386 g/mol. The molecule has 0 bridgehead atoms. The molecule has 3 aromatic rings. The summed E-state index contributed by atoms with van der Waals surface area (Å²) in [4.78, 5) is 33.9. The number of halogens is 1. The van der Waals surface area contributed by atoms with Gasteiger partial charge in [-0.25, -0.2) is 4.68 Å². The van der Waals surface area contributed by atoms with Crippen LogP contribution in [0.1, 0.15) is 17.4 Å². The number of rotatable bonds is 5. The monoisotopic (exact) mass is 399 g/mol. The van der Waals surface area contributed by atoms with E-state index in [1.165, 1.54) is 48.0 Å². The number of anilines is 2. The zero-order chi connectivity index (χ0) is 20.3. The van der Waals surface area contributed by atoms with Crippen molar-refractivity contribution < 1.29 is 14.5 Å². The first-order chi connectivity index (χ1) is 13.3. The van der Waals surface area contributed by atoms with Crippen LogP contribution in [0.5, 0.6) is 0 Å². The molecule has 10 heteroatoms. The van der Waals surface area contributed by atoms with Gasteiger partial charge in [-0.15, -0.1) is 0 Å². The summed E-state index contributed by atoms with van der Waals surface area (Å²) in [6, 6.07) is 12.0. The van der Waals surface area contributed by atoms with Crippen LogP contribution in [0.15, 0.2) is 54.7 Å². The quantitative estimate of drug-likeness (QED) is 0.501. The lowest BCUT2D eigenvalue weighted by molar-refractivity contribution is -0.384. The van der Waals surface area contributed by atoms with Crippen LogP contribution < -0.4 is 10.6 Å². The fourth-order valence-corrected chi connectivity index (χ4v) is 2.57. The number of nitro benzene ring substituents is 1. The predicted octanol–water partition coefficient (Wildman–Crippen LogP) is 3.64. The van der Waals surface area contributed by atoms with E-state index in [2.05, 4.69) is 15.7 Å². The molecule has 0 fully saturated rings. The molecule has 0 radical (unpaired) electrons. The molecule has 2 amide bonds. The smallest absolute Gasteiger partial charge is 0.276 e. The predicted molar refractivity (Wildman–Crippen MR) is 104 cm³/mol. The topological polar surface area (TPSA) is 119 Å². The van der Waals surface area contributed by atoms with Crippen molar-refractivity contribution in [3.05, 3.63) is 75.6 Å². The van der Waals surface area contributed by atoms with Gasteiger partial charge in [0.25, 0.3) is 11.6 Å². The van der Waals surface area contributed by atoms with Gasteiger partial charge in [-0.3, -0.25) is 19.7 Å². The number of carbonyl (C=O) groups excluding carboxylic acids is 2. The summed E-state index contributed by atoms with van der Waals surface area (Å²) < 4.78 is 1.42. The Kier molecular flexibility index (Phi) is 5.37. The molecule has 142 valence electrons. The maximum atomic E-state index is 12.5. The minimum atomic E-state index is -0.498. The second-order valence-electron chi connectivity index (χ2n) is 5.75. The highest BCUT2D eigenvalue weighted by Crippen LogP contribution is 2.26. The van der Waals surface area contributed by atoms with Gasteiger partial charge in [0.15, 0.2) is 5.69 Å². The number of amides is 2. The third-order valence-electron chi connectivity index (χ3n) is 3.68. The summed E-state index contributed by atoms with van der Waals surface area (Å²) in [6.45, 7) is 1.37. The molecule has 9 nitrogen and oxygen atoms in total. The molecule has 0 aliphatic rings. The Balaban J connectivity index is 1.77. The number of aromatic nitrogens is 2. The molecule has 0 atom stereocenters. The first-order valence-electron chi connectivity index (χ1n) is 8.02. The summed E-state index contributed by atoms with van der Waals surface area (Å²) in [5.74, 6) is -0.746. The fourth-order valence-electron chi connectivity index (χ4n) is 2.40. The van der Waals surface area contributed by atoms with Crippen LogP contribution in [0, 0.1) is 10.1 Å². The summed E-state index contributed by atoms with van der Waals surface area (Å²) >= 11 is 6.10. The van der Waals surface area contributed by atoms with E-state index in [1.54, 1.807) is 18.3 Å². The van der Waals surface area contributed by atoms with Crippen LogP contribution >= 0.6 is 11.6 Å². The van der Waals surface area contributed by atoms with Gasteiger partial charge >= 0.3 is 0 Å². The number of hydrogen-bond acceptors (Lipinski definition) is 5. The van der Waals surface area contributed by atoms with E-state index in [-0.39, 0.29) is 17.3 Å². The summed E-state index contributed by atoms with van der Waals surface area (Å²) in [5.41, 5.74) is 1.46. The number of nitrogens with one attached hydrogen (secondary N) is 2. The van der Waals surface area contributed by atoms with Crippen LogP contribution in [-0.4, -0.2) is 26.5 Å². The Morgan fingerprint density at radius 3 is 2.46 bits per heavy atom. The van der Waals surface area contributed by atoms with Crippen LogP contribution in [0.25, 0.3) is 5.69 Å². The normalized spacial score (nSPS) is 10.4. The number of hydrogen-bond donors (Lipinski definition) is 2. The van der Waals surface area contributed by atoms with Crippen molar-refractivity contribution in [1.29, 1.82) is 0 Å². The van der Waals surface area contributed by atoms with Crippen LogP contribution in [0.2, 0.25) is 5.02 Å². The van der Waals surface area contributed by atoms with Gasteiger partial charge in [0, 0.05) is 30.9 Å². The van der Waals surface area contributed by atoms with Crippen molar-refractivity contribution in [2.24, 2.45) is 0 Å². The standard InChI is InChI=1S/C18H14ClN5O4/c1-11(25)20-12-2-7-15(19)17(10-12)21-18(26)16-8-9-23(22-16)13-3-5-14(6-4-13)24(27)28/h2-10H,1H3,(H,20,25)(H,21,26). The lowest BCUT2D eigenvalue weighted by Gasteiger charge is -2.09. The molecule has 0 spiro atoms. The second kappa shape index (κ2) is 7.89. The van der Waals surface area contributed by atoms with Gasteiger partial charge in [-0.1, -0.05) is 11.6 Å². The second-order valence-corrected chi connectivity index (χ2v) is 6.16. The van der Waals surface area contributed by atoms with Crippen molar-refractivity contribution in [3.63, 3.8) is 0 Å². The number of carbonyl (C=O) groups is 2. The highest BCUT2D eigenvalue weighted by molar-refractivity contribution is 6.34. The van der Waals surface area contributed by atoms with E-state index < -0.39 is 10.8 Å². The number of nitro groups is 1. The van der Waals surface area contributed by atoms with Crippen LogP contribution in [0.3, 0.4) is 0 Å². The molecule has 0 saturated heterocycles. The third-order valence-corrected chi connectivity index (χ3v) is 4.01. The maximum Gasteiger partial charge on any atom is 0.276 e. The summed E-state index contributed by atoms with van der Waals surface area (Å²) in [6.07, 6.45) is 1.56. The van der Waals surface area contributed by atoms with Crippen molar-refractivity contribution in [3.8, 4) is 5.69 Å². The highest BCUT2D eigenvalue weighted by Gasteiger charge is 2.14. The van der Waals surface area contributed by atoms with Gasteiger partial charge in [0.05, 0.1) is 21.3 Å². The minimum Gasteiger partial charge on any atom is -0.326 e. The molecule has 2 aromatic carbocycles. The fraction of sp³-hybridized carbons (Fsp3) is 0.0556. The molecule has 0 unspecified atom stereocenters. The van der Waals surface area contributed by atoms with E-state index in [0.717, 1.165) is 0 Å². The first kappa shape index (κ1) is 19.1. The molecular formula is C18H14ClN5O4. The van der Waals surface area contributed by atoms with Crippen molar-refractivity contribution in [1.82, 2.24) is 9.78 Å². The average molecular weight is 400 g/mol. The Hall–Kier alpha value is -3.72. The molecule has 0 aliphatic carbocycles. The largest absolute Gasteiger partial charge is 0.326 e. The molecule has 2 N–H and O–H groups in total. The Bertz CT molecular complexity index is 1060. The van der Waals surface area contributed by atoms with Gasteiger partial charge < -0.3 is 10.6 Å². The van der Waals surface area contributed by atoms with E-state index >= 15 is 0 Å². The lowest BCUT2D eigenvalue weighted by Crippen LogP contribution is -2.14. The van der Waals surface area contributed by atoms with Crippen molar-refractivity contribution in [2.45, 2.75) is 6.92 Å². The number of non-ortho nitro benzene ring substituents is 1. The number of benzene rings is 2.